The summed E-state index contributed by atoms with van der Waals surface area (Å²) in [5.74, 6) is 0.262. The van der Waals surface area contributed by atoms with E-state index >= 15 is 0 Å². The van der Waals surface area contributed by atoms with Gasteiger partial charge in [0.05, 0.1) is 25.5 Å². The van der Waals surface area contributed by atoms with Crippen LogP contribution in [0.25, 0.3) is 22.2 Å². The van der Waals surface area contributed by atoms with Crippen molar-refractivity contribution in [3.05, 3.63) is 108 Å². The topological polar surface area (TPSA) is 48.6 Å². The summed E-state index contributed by atoms with van der Waals surface area (Å²) in [5.41, 5.74) is 3.84. The molecule has 0 atom stereocenters. The number of hydrogen-bond donors (Lipinski definition) is 0. The Morgan fingerprint density at radius 2 is 1.53 bits per heavy atom. The number of hydrogen-bond acceptors (Lipinski definition) is 5. The molecule has 5 nitrogen and oxygen atoms in total. The molecule has 0 fully saturated rings. The second kappa shape index (κ2) is 10.2. The fourth-order valence-electron chi connectivity index (χ4n) is 4.14. The molecule has 5 rings (SSSR count). The van der Waals surface area contributed by atoms with Crippen LogP contribution in [-0.2, 0) is 0 Å². The highest BCUT2D eigenvalue weighted by molar-refractivity contribution is 7.92. The molecule has 0 saturated carbocycles. The summed E-state index contributed by atoms with van der Waals surface area (Å²) in [6.07, 6.45) is 1.55. The summed E-state index contributed by atoms with van der Waals surface area (Å²) in [6, 6.07) is 25.9. The van der Waals surface area contributed by atoms with Crippen LogP contribution in [0, 0.1) is 5.82 Å². The van der Waals surface area contributed by atoms with E-state index in [1.54, 1.807) is 18.3 Å². The lowest BCUT2D eigenvalue weighted by molar-refractivity contribution is 0.377. The van der Waals surface area contributed by atoms with E-state index in [2.05, 4.69) is 4.98 Å². The lowest BCUT2D eigenvalue weighted by Crippen LogP contribution is -2.02. The van der Waals surface area contributed by atoms with E-state index in [1.165, 1.54) is 30.3 Å². The van der Waals surface area contributed by atoms with Gasteiger partial charge < -0.3 is 9.47 Å². The number of rotatable bonds is 7. The Labute approximate surface area is 211 Å². The molecule has 8 heteroatoms. The molecule has 0 bridgehead atoms. The first-order valence-corrected chi connectivity index (χ1v) is 11.7. The molecular weight excluding hydrogens is 480 g/mol. The van der Waals surface area contributed by atoms with Gasteiger partial charge in [0, 0.05) is 28.3 Å². The number of pyridine rings is 1. The van der Waals surface area contributed by atoms with Crippen molar-refractivity contribution in [1.29, 1.82) is 0 Å². The summed E-state index contributed by atoms with van der Waals surface area (Å²) in [5, 5.41) is 0.599. The average Bonchev–Trinajstić information content (AvgIpc) is 3.30. The van der Waals surface area contributed by atoms with E-state index in [4.69, 9.17) is 14.5 Å². The third-order valence-corrected chi connectivity index (χ3v) is 6.19. The third-order valence-electron chi connectivity index (χ3n) is 5.77. The summed E-state index contributed by atoms with van der Waals surface area (Å²) >= 11 is -0.00443. The standard InChI is InChI=1S/C28H21F2N3O2S/c1-34-23-15-14-22(29)27(35-2)25(23)21-17-33(36-30)28-20(21)13-16-24(32-28)31-26(18-9-5-3-6-10-18)19-11-7-4-8-12-19/h3-17H,1-2H3. The predicted molar refractivity (Wildman–Crippen MR) is 141 cm³/mol. The first kappa shape index (κ1) is 23.6. The lowest BCUT2D eigenvalue weighted by atomic mass is 10.0. The van der Waals surface area contributed by atoms with Gasteiger partial charge in [-0.05, 0) is 24.3 Å². The second-order valence-corrected chi connectivity index (χ2v) is 8.36. The molecule has 0 aliphatic rings. The zero-order valence-electron chi connectivity index (χ0n) is 19.5. The van der Waals surface area contributed by atoms with Gasteiger partial charge in [-0.2, -0.15) is 0 Å². The van der Waals surface area contributed by atoms with Crippen molar-refractivity contribution in [2.75, 3.05) is 14.2 Å². The Balaban J connectivity index is 1.71. The lowest BCUT2D eigenvalue weighted by Gasteiger charge is -2.13. The summed E-state index contributed by atoms with van der Waals surface area (Å²) in [7, 11) is 2.86. The Hall–Kier alpha value is -4.17. The molecule has 0 N–H and O–H groups in total. The van der Waals surface area contributed by atoms with Gasteiger partial charge in [0.15, 0.2) is 35.4 Å². The van der Waals surface area contributed by atoms with Gasteiger partial charge in [0.1, 0.15) is 5.75 Å². The number of methoxy groups -OCH3 is 2. The van der Waals surface area contributed by atoms with Crippen LogP contribution in [0.1, 0.15) is 11.1 Å². The van der Waals surface area contributed by atoms with Crippen LogP contribution in [0.2, 0.25) is 0 Å². The van der Waals surface area contributed by atoms with Gasteiger partial charge in [-0.15, -0.1) is 3.89 Å². The molecule has 0 amide bonds. The van der Waals surface area contributed by atoms with E-state index in [-0.39, 0.29) is 18.1 Å². The maximum absolute atomic E-state index is 14.6. The van der Waals surface area contributed by atoms with Gasteiger partial charge >= 0.3 is 0 Å². The number of halogens is 2. The van der Waals surface area contributed by atoms with Crippen LogP contribution in [-0.4, -0.2) is 28.9 Å². The van der Waals surface area contributed by atoms with Crippen molar-refractivity contribution in [3.63, 3.8) is 0 Å². The molecule has 0 radical (unpaired) electrons. The minimum Gasteiger partial charge on any atom is -0.496 e. The Bertz CT molecular complexity index is 1510. The minimum atomic E-state index is -0.549. The third kappa shape index (κ3) is 4.31. The Kier molecular flexibility index (Phi) is 6.69. The highest BCUT2D eigenvalue weighted by atomic mass is 32.2. The van der Waals surface area contributed by atoms with Crippen LogP contribution in [0.3, 0.4) is 0 Å². The van der Waals surface area contributed by atoms with E-state index in [0.29, 0.717) is 33.7 Å². The van der Waals surface area contributed by atoms with Crippen molar-refractivity contribution >= 4 is 34.9 Å². The molecule has 0 aliphatic heterocycles. The van der Waals surface area contributed by atoms with E-state index in [9.17, 15) is 8.28 Å². The maximum Gasteiger partial charge on any atom is 0.171 e. The quantitative estimate of drug-likeness (QED) is 0.218. The highest BCUT2D eigenvalue weighted by Crippen LogP contribution is 2.44. The number of aromatic nitrogens is 2. The van der Waals surface area contributed by atoms with Crippen LogP contribution >= 0.6 is 12.3 Å². The van der Waals surface area contributed by atoms with Crippen LogP contribution < -0.4 is 9.47 Å². The zero-order valence-corrected chi connectivity index (χ0v) is 20.3. The normalized spacial score (nSPS) is 10.9. The largest absolute Gasteiger partial charge is 0.496 e. The van der Waals surface area contributed by atoms with Crippen LogP contribution in [0.5, 0.6) is 11.5 Å². The van der Waals surface area contributed by atoms with Crippen LogP contribution in [0.4, 0.5) is 14.1 Å². The fourth-order valence-corrected chi connectivity index (χ4v) is 4.49. The monoisotopic (exact) mass is 501 g/mol. The molecule has 0 aliphatic carbocycles. The van der Waals surface area contributed by atoms with Crippen molar-refractivity contribution in [2.45, 2.75) is 0 Å². The highest BCUT2D eigenvalue weighted by Gasteiger charge is 2.22. The van der Waals surface area contributed by atoms with Crippen molar-refractivity contribution in [1.82, 2.24) is 8.96 Å². The van der Waals surface area contributed by atoms with E-state index in [0.717, 1.165) is 16.8 Å². The molecular formula is C28H21F2N3O2S. The van der Waals surface area contributed by atoms with Gasteiger partial charge in [-0.25, -0.2) is 18.3 Å². The number of fused-ring (bicyclic) bond motifs is 1. The fraction of sp³-hybridized carbons (Fsp3) is 0.0714. The predicted octanol–water partition coefficient (Wildman–Crippen LogP) is 7.41. The molecule has 5 aromatic rings. The molecule has 180 valence electrons. The van der Waals surface area contributed by atoms with Crippen molar-refractivity contribution in [3.8, 4) is 22.6 Å². The minimum absolute atomic E-state index is 0.00443. The summed E-state index contributed by atoms with van der Waals surface area (Å²) in [6.45, 7) is 0. The molecule has 2 aromatic heterocycles. The van der Waals surface area contributed by atoms with Crippen molar-refractivity contribution in [2.24, 2.45) is 4.99 Å². The average molecular weight is 502 g/mol. The summed E-state index contributed by atoms with van der Waals surface area (Å²) in [4.78, 5) is 9.49. The van der Waals surface area contributed by atoms with Gasteiger partial charge in [-0.3, -0.25) is 0 Å². The first-order chi connectivity index (χ1) is 17.6. The van der Waals surface area contributed by atoms with Gasteiger partial charge in [0.2, 0.25) is 0 Å². The van der Waals surface area contributed by atoms with E-state index < -0.39 is 5.82 Å². The smallest absolute Gasteiger partial charge is 0.171 e. The molecule has 0 saturated heterocycles. The van der Waals surface area contributed by atoms with Crippen molar-refractivity contribution < 1.29 is 17.7 Å². The maximum atomic E-state index is 14.6. The summed E-state index contributed by atoms with van der Waals surface area (Å²) < 4.78 is 40.7. The second-order valence-electron chi connectivity index (χ2n) is 7.83. The molecule has 2 heterocycles. The van der Waals surface area contributed by atoms with Gasteiger partial charge in [-0.1, -0.05) is 60.7 Å². The zero-order chi connectivity index (χ0) is 25.1. The SMILES string of the molecule is COc1ccc(F)c(OC)c1-c1cn(SF)c2nc(N=C(c3ccccc3)c3ccccc3)ccc12. The first-order valence-electron chi connectivity index (χ1n) is 11.1. The Morgan fingerprint density at radius 1 is 0.861 bits per heavy atom. The van der Waals surface area contributed by atoms with Crippen LogP contribution in [0.15, 0.2) is 96.1 Å². The van der Waals surface area contributed by atoms with E-state index in [1.807, 2.05) is 60.7 Å². The number of aliphatic imine (C=N–C) groups is 1. The number of benzene rings is 3. The molecule has 0 spiro atoms. The molecule has 3 aromatic carbocycles. The molecule has 36 heavy (non-hydrogen) atoms. The van der Waals surface area contributed by atoms with Gasteiger partial charge in [0.25, 0.3) is 0 Å². The number of ether oxygens (including phenoxy) is 2. The Morgan fingerprint density at radius 3 is 2.11 bits per heavy atom. The number of nitrogens with zero attached hydrogens (tertiary/aromatic N) is 3. The molecule has 0 unspecified atom stereocenters.